The number of rotatable bonds is 5. The van der Waals surface area contributed by atoms with E-state index < -0.39 is 0 Å². The fraction of sp³-hybridized carbons (Fsp3) is 0.692. The molecule has 1 aromatic rings. The van der Waals surface area contributed by atoms with Crippen LogP contribution in [0, 0.1) is 5.92 Å². The molecule has 0 bridgehead atoms. The molecule has 0 saturated heterocycles. The largest absolute Gasteiger partial charge is 0.342 e. The molecule has 1 aliphatic rings. The normalized spacial score (nSPS) is 23.2. The summed E-state index contributed by atoms with van der Waals surface area (Å²) < 4.78 is 1.79. The first kappa shape index (κ1) is 13.1. The highest BCUT2D eigenvalue weighted by Gasteiger charge is 2.31. The van der Waals surface area contributed by atoms with Gasteiger partial charge in [-0.2, -0.15) is 5.10 Å². The molecule has 0 radical (unpaired) electrons. The minimum atomic E-state index is 0.191. The Balaban J connectivity index is 1.84. The van der Waals surface area contributed by atoms with Crippen molar-refractivity contribution >= 4 is 5.91 Å². The van der Waals surface area contributed by atoms with E-state index in [-0.39, 0.29) is 5.91 Å². The Labute approximate surface area is 108 Å². The lowest BCUT2D eigenvalue weighted by Gasteiger charge is -2.29. The van der Waals surface area contributed by atoms with Gasteiger partial charge in [0.25, 0.3) is 0 Å². The molecule has 18 heavy (non-hydrogen) atoms. The van der Waals surface area contributed by atoms with E-state index in [2.05, 4.69) is 5.10 Å². The highest BCUT2D eigenvalue weighted by molar-refractivity contribution is 5.76. The molecule has 1 aliphatic carbocycles. The van der Waals surface area contributed by atoms with E-state index in [1.165, 1.54) is 6.42 Å². The van der Waals surface area contributed by atoms with Crippen LogP contribution in [0.5, 0.6) is 0 Å². The first-order valence-electron chi connectivity index (χ1n) is 6.65. The van der Waals surface area contributed by atoms with Gasteiger partial charge in [-0.05, 0) is 31.4 Å². The second-order valence-corrected chi connectivity index (χ2v) is 5.02. The third-order valence-electron chi connectivity index (χ3n) is 3.93. The maximum Gasteiger partial charge on any atom is 0.224 e. The maximum absolute atomic E-state index is 12.1. The first-order valence-corrected chi connectivity index (χ1v) is 6.65. The number of aromatic nitrogens is 2. The van der Waals surface area contributed by atoms with Crippen molar-refractivity contribution in [1.82, 2.24) is 14.7 Å². The van der Waals surface area contributed by atoms with Crippen LogP contribution in [0.3, 0.4) is 0 Å². The number of aryl methyl sites for hydroxylation is 1. The van der Waals surface area contributed by atoms with Gasteiger partial charge in [-0.15, -0.1) is 0 Å². The molecule has 5 heteroatoms. The van der Waals surface area contributed by atoms with Crippen LogP contribution in [0.25, 0.3) is 0 Å². The van der Waals surface area contributed by atoms with Gasteiger partial charge in [0.2, 0.25) is 5.91 Å². The molecule has 1 aromatic heterocycles. The number of hydrogen-bond donors (Lipinski definition) is 1. The van der Waals surface area contributed by atoms with Crippen LogP contribution in [0.1, 0.15) is 25.7 Å². The molecule has 2 rings (SSSR count). The van der Waals surface area contributed by atoms with Gasteiger partial charge < -0.3 is 10.6 Å². The molecule has 2 atom stereocenters. The smallest absolute Gasteiger partial charge is 0.224 e. The summed E-state index contributed by atoms with van der Waals surface area (Å²) in [6.45, 7) is 1.33. The van der Waals surface area contributed by atoms with Gasteiger partial charge in [-0.3, -0.25) is 9.48 Å². The van der Waals surface area contributed by atoms with Gasteiger partial charge in [0.05, 0.1) is 0 Å². The van der Waals surface area contributed by atoms with Gasteiger partial charge in [-0.1, -0.05) is 6.42 Å². The second-order valence-electron chi connectivity index (χ2n) is 5.02. The Morgan fingerprint density at radius 1 is 1.56 bits per heavy atom. The number of carbonyl (C=O) groups is 1. The number of nitrogens with two attached hydrogens (primary N) is 1. The van der Waals surface area contributed by atoms with Gasteiger partial charge in [0, 0.05) is 38.4 Å². The molecule has 2 unspecified atom stereocenters. The molecule has 2 N–H and O–H groups in total. The van der Waals surface area contributed by atoms with E-state index in [4.69, 9.17) is 5.73 Å². The van der Waals surface area contributed by atoms with Crippen molar-refractivity contribution in [1.29, 1.82) is 0 Å². The Morgan fingerprint density at radius 3 is 3.06 bits per heavy atom. The number of nitrogens with zero attached hydrogens (tertiary/aromatic N) is 3. The van der Waals surface area contributed by atoms with Crippen molar-refractivity contribution in [3.05, 3.63) is 18.5 Å². The topological polar surface area (TPSA) is 64.2 Å². The van der Waals surface area contributed by atoms with E-state index in [1.807, 2.05) is 24.2 Å². The molecule has 5 nitrogen and oxygen atoms in total. The van der Waals surface area contributed by atoms with Crippen LogP contribution in [0.15, 0.2) is 18.5 Å². The fourth-order valence-electron chi connectivity index (χ4n) is 2.81. The standard InChI is InChI=1S/C13H22N4O/c1-16(12-5-2-4-11(12)10-14)13(18)6-9-17-8-3-7-15-17/h3,7-8,11-12H,2,4-6,9-10,14H2,1H3. The van der Waals surface area contributed by atoms with E-state index in [1.54, 1.807) is 10.9 Å². The van der Waals surface area contributed by atoms with Crippen LogP contribution in [0.2, 0.25) is 0 Å². The molecule has 1 heterocycles. The molecule has 100 valence electrons. The van der Waals surface area contributed by atoms with Gasteiger partial charge in [0.15, 0.2) is 0 Å². The molecule has 0 aliphatic heterocycles. The fourth-order valence-corrected chi connectivity index (χ4v) is 2.81. The predicted molar refractivity (Wildman–Crippen MR) is 69.8 cm³/mol. The first-order chi connectivity index (χ1) is 8.72. The van der Waals surface area contributed by atoms with Crippen LogP contribution < -0.4 is 5.73 Å². The Morgan fingerprint density at radius 2 is 2.39 bits per heavy atom. The zero-order chi connectivity index (χ0) is 13.0. The summed E-state index contributed by atoms with van der Waals surface area (Å²) >= 11 is 0. The van der Waals surface area contributed by atoms with Crippen molar-refractivity contribution in [2.24, 2.45) is 11.7 Å². The highest BCUT2D eigenvalue weighted by atomic mass is 16.2. The van der Waals surface area contributed by atoms with Crippen LogP contribution in [0.4, 0.5) is 0 Å². The average Bonchev–Trinajstić information content (AvgIpc) is 3.05. The van der Waals surface area contributed by atoms with Crippen LogP contribution >= 0.6 is 0 Å². The van der Waals surface area contributed by atoms with E-state index >= 15 is 0 Å². The summed E-state index contributed by atoms with van der Waals surface area (Å²) in [5.41, 5.74) is 5.76. The minimum absolute atomic E-state index is 0.191. The lowest BCUT2D eigenvalue weighted by atomic mass is 10.0. The van der Waals surface area contributed by atoms with Crippen LogP contribution in [-0.4, -0.2) is 40.2 Å². The molecular weight excluding hydrogens is 228 g/mol. The average molecular weight is 250 g/mol. The van der Waals surface area contributed by atoms with Crippen molar-refractivity contribution in [2.75, 3.05) is 13.6 Å². The quantitative estimate of drug-likeness (QED) is 0.843. The number of hydrogen-bond acceptors (Lipinski definition) is 3. The van der Waals surface area contributed by atoms with Crippen LogP contribution in [-0.2, 0) is 11.3 Å². The molecule has 1 amide bonds. The maximum atomic E-state index is 12.1. The predicted octanol–water partition coefficient (Wildman–Crippen LogP) is 0.859. The zero-order valence-corrected chi connectivity index (χ0v) is 11.0. The van der Waals surface area contributed by atoms with E-state index in [0.717, 1.165) is 12.8 Å². The lowest BCUT2D eigenvalue weighted by molar-refractivity contribution is -0.132. The Hall–Kier alpha value is -1.36. The highest BCUT2D eigenvalue weighted by Crippen LogP contribution is 2.28. The summed E-state index contributed by atoms with van der Waals surface area (Å²) in [7, 11) is 1.91. The van der Waals surface area contributed by atoms with Gasteiger partial charge in [-0.25, -0.2) is 0 Å². The SMILES string of the molecule is CN(C(=O)CCn1cccn1)C1CCCC1CN. The van der Waals surface area contributed by atoms with E-state index in [0.29, 0.717) is 31.5 Å². The molecule has 1 saturated carbocycles. The Bertz CT molecular complexity index is 376. The lowest BCUT2D eigenvalue weighted by Crippen LogP contribution is -2.41. The summed E-state index contributed by atoms with van der Waals surface area (Å²) in [4.78, 5) is 14.0. The molecule has 0 aromatic carbocycles. The molecule has 1 fully saturated rings. The van der Waals surface area contributed by atoms with Crippen molar-refractivity contribution in [3.63, 3.8) is 0 Å². The van der Waals surface area contributed by atoms with E-state index in [9.17, 15) is 4.79 Å². The second kappa shape index (κ2) is 6.00. The third kappa shape index (κ3) is 2.90. The summed E-state index contributed by atoms with van der Waals surface area (Å²) in [6.07, 6.45) is 7.54. The number of amides is 1. The Kier molecular flexibility index (Phi) is 4.36. The summed E-state index contributed by atoms with van der Waals surface area (Å²) in [5, 5.41) is 4.10. The van der Waals surface area contributed by atoms with Gasteiger partial charge >= 0.3 is 0 Å². The zero-order valence-electron chi connectivity index (χ0n) is 11.0. The molecular formula is C13H22N4O. The van der Waals surface area contributed by atoms with Crippen molar-refractivity contribution < 1.29 is 4.79 Å². The molecule has 0 spiro atoms. The van der Waals surface area contributed by atoms with Crippen molar-refractivity contribution in [3.8, 4) is 0 Å². The minimum Gasteiger partial charge on any atom is -0.342 e. The number of carbonyl (C=O) groups excluding carboxylic acids is 1. The monoisotopic (exact) mass is 250 g/mol. The third-order valence-corrected chi connectivity index (χ3v) is 3.93. The summed E-state index contributed by atoms with van der Waals surface area (Å²) in [5.74, 6) is 0.666. The summed E-state index contributed by atoms with van der Waals surface area (Å²) in [6, 6.07) is 2.20. The van der Waals surface area contributed by atoms with Crippen molar-refractivity contribution in [2.45, 2.75) is 38.3 Å². The van der Waals surface area contributed by atoms with Gasteiger partial charge in [0.1, 0.15) is 0 Å².